The van der Waals surface area contributed by atoms with Crippen molar-refractivity contribution in [3.8, 4) is 5.75 Å². The van der Waals surface area contributed by atoms with Gasteiger partial charge in [-0.15, -0.1) is 0 Å². The number of aryl methyl sites for hydroxylation is 1. The molecule has 0 bridgehead atoms. The van der Waals surface area contributed by atoms with E-state index in [0.29, 0.717) is 13.2 Å². The van der Waals surface area contributed by atoms with Gasteiger partial charge in [0.25, 0.3) is 0 Å². The number of hydrogen-bond donors (Lipinski definition) is 0. The molecule has 0 atom stereocenters. The van der Waals surface area contributed by atoms with E-state index in [4.69, 9.17) is 4.74 Å². The minimum Gasteiger partial charge on any atom is -0.492 e. The molecule has 1 aromatic carbocycles. The Hall–Kier alpha value is -0.590. The second-order valence-electron chi connectivity index (χ2n) is 3.71. The summed E-state index contributed by atoms with van der Waals surface area (Å²) in [6.07, 6.45) is 0. The molecule has 0 aliphatic carbocycles. The Labute approximate surface area is 111 Å². The van der Waals surface area contributed by atoms with Gasteiger partial charge in [0.05, 0.1) is 0 Å². The van der Waals surface area contributed by atoms with E-state index >= 15 is 0 Å². The Bertz CT molecular complexity index is 462. The van der Waals surface area contributed by atoms with Crippen LogP contribution in [0.2, 0.25) is 0 Å². The summed E-state index contributed by atoms with van der Waals surface area (Å²) in [5.41, 5.74) is 1.11. The van der Waals surface area contributed by atoms with Crippen LogP contribution in [0.1, 0.15) is 5.56 Å². The molecule has 0 aliphatic heterocycles. The van der Waals surface area contributed by atoms with Crippen LogP contribution >= 0.6 is 15.9 Å². The Morgan fingerprint density at radius 3 is 2.71 bits per heavy atom. The second kappa shape index (κ2) is 6.37. The maximum absolute atomic E-state index is 11.4. The van der Waals surface area contributed by atoms with Crippen molar-refractivity contribution in [3.05, 3.63) is 29.8 Å². The Balaban J connectivity index is 2.43. The molecule has 0 heterocycles. The summed E-state index contributed by atoms with van der Waals surface area (Å²) in [5.74, 6) is 0.759. The van der Waals surface area contributed by atoms with Crippen LogP contribution in [0.5, 0.6) is 5.75 Å². The van der Waals surface area contributed by atoms with Gasteiger partial charge < -0.3 is 4.74 Å². The van der Waals surface area contributed by atoms with Gasteiger partial charge in [-0.1, -0.05) is 28.1 Å². The Kier molecular flexibility index (Phi) is 5.42. The molecule has 6 heteroatoms. The molecular formula is C11H16BrNO3S. The first kappa shape index (κ1) is 14.5. The lowest BCUT2D eigenvalue weighted by Gasteiger charge is -2.15. The van der Waals surface area contributed by atoms with E-state index in [0.717, 1.165) is 11.3 Å². The molecule has 0 amide bonds. The van der Waals surface area contributed by atoms with E-state index in [1.165, 1.54) is 11.4 Å². The van der Waals surface area contributed by atoms with E-state index in [1.807, 2.05) is 31.2 Å². The van der Waals surface area contributed by atoms with Gasteiger partial charge in [0.2, 0.25) is 10.0 Å². The maximum Gasteiger partial charge on any atom is 0.224 e. The van der Waals surface area contributed by atoms with Crippen molar-refractivity contribution < 1.29 is 13.2 Å². The SMILES string of the molecule is Cc1cccc(OCCN(C)S(=O)(=O)CBr)c1. The number of alkyl halides is 1. The van der Waals surface area contributed by atoms with Crippen LogP contribution < -0.4 is 4.74 Å². The van der Waals surface area contributed by atoms with Gasteiger partial charge in [-0.25, -0.2) is 12.7 Å². The Morgan fingerprint density at radius 1 is 1.41 bits per heavy atom. The van der Waals surface area contributed by atoms with E-state index in [1.54, 1.807) is 0 Å². The summed E-state index contributed by atoms with van der Waals surface area (Å²) in [6, 6.07) is 7.66. The minimum atomic E-state index is -3.19. The lowest BCUT2D eigenvalue weighted by molar-refractivity contribution is 0.287. The molecule has 0 radical (unpaired) electrons. The van der Waals surface area contributed by atoms with Crippen LogP contribution in [0.25, 0.3) is 0 Å². The summed E-state index contributed by atoms with van der Waals surface area (Å²) in [6.45, 7) is 2.66. The molecule has 0 unspecified atom stereocenters. The van der Waals surface area contributed by atoms with Gasteiger partial charge in [-0.3, -0.25) is 0 Å². The van der Waals surface area contributed by atoms with Crippen LogP contribution in [0.3, 0.4) is 0 Å². The number of ether oxygens (including phenoxy) is 1. The molecule has 1 aromatic rings. The van der Waals surface area contributed by atoms with Crippen LogP contribution in [-0.2, 0) is 10.0 Å². The third-order valence-corrected chi connectivity index (χ3v) is 5.42. The standard InChI is InChI=1S/C11H16BrNO3S/c1-10-4-3-5-11(8-10)16-7-6-13(2)17(14,15)9-12/h3-5,8H,6-7,9H2,1-2H3. The van der Waals surface area contributed by atoms with Gasteiger partial charge in [-0.2, -0.15) is 0 Å². The smallest absolute Gasteiger partial charge is 0.224 e. The molecule has 0 spiro atoms. The number of hydrogen-bond acceptors (Lipinski definition) is 3. The second-order valence-corrected chi connectivity index (χ2v) is 7.09. The normalized spacial score (nSPS) is 11.8. The molecule has 0 fully saturated rings. The van der Waals surface area contributed by atoms with Gasteiger partial charge in [0, 0.05) is 13.6 Å². The summed E-state index contributed by atoms with van der Waals surface area (Å²) in [4.78, 5) is 0. The maximum atomic E-state index is 11.4. The molecule has 0 aromatic heterocycles. The van der Waals surface area contributed by atoms with Crippen LogP contribution in [-0.4, -0.2) is 37.6 Å². The lowest BCUT2D eigenvalue weighted by atomic mass is 10.2. The van der Waals surface area contributed by atoms with E-state index in [9.17, 15) is 8.42 Å². The lowest BCUT2D eigenvalue weighted by Crippen LogP contribution is -2.31. The minimum absolute atomic E-state index is 0.0685. The van der Waals surface area contributed by atoms with Crippen molar-refractivity contribution in [2.24, 2.45) is 0 Å². The summed E-state index contributed by atoms with van der Waals surface area (Å²) in [7, 11) is -1.65. The molecule has 17 heavy (non-hydrogen) atoms. The topological polar surface area (TPSA) is 46.6 Å². The van der Waals surface area contributed by atoms with E-state index < -0.39 is 10.0 Å². The zero-order valence-electron chi connectivity index (χ0n) is 9.89. The van der Waals surface area contributed by atoms with Crippen LogP contribution in [0, 0.1) is 6.92 Å². The zero-order valence-corrected chi connectivity index (χ0v) is 12.3. The number of sulfonamides is 1. The highest BCUT2D eigenvalue weighted by molar-refractivity contribution is 9.10. The summed E-state index contributed by atoms with van der Waals surface area (Å²) in [5, 5.41) is 0. The zero-order chi connectivity index (χ0) is 12.9. The predicted molar refractivity (Wildman–Crippen MR) is 72.0 cm³/mol. The first-order chi connectivity index (χ1) is 7.95. The number of nitrogens with zero attached hydrogens (tertiary/aromatic N) is 1. The van der Waals surface area contributed by atoms with Gasteiger partial charge in [-0.05, 0) is 24.6 Å². The van der Waals surface area contributed by atoms with Crippen molar-refractivity contribution in [1.82, 2.24) is 4.31 Å². The molecular weight excluding hydrogens is 306 g/mol. The average Bonchev–Trinajstić information content (AvgIpc) is 2.29. The summed E-state index contributed by atoms with van der Waals surface area (Å²) < 4.78 is 29.5. The van der Waals surface area contributed by atoms with Crippen molar-refractivity contribution in [1.29, 1.82) is 0 Å². The van der Waals surface area contributed by atoms with E-state index in [2.05, 4.69) is 15.9 Å². The molecule has 0 N–H and O–H groups in total. The number of benzene rings is 1. The van der Waals surface area contributed by atoms with Gasteiger partial charge in [0.1, 0.15) is 17.0 Å². The first-order valence-corrected chi connectivity index (χ1v) is 7.88. The van der Waals surface area contributed by atoms with Crippen molar-refractivity contribution in [2.45, 2.75) is 6.92 Å². The molecule has 4 nitrogen and oxygen atoms in total. The third-order valence-electron chi connectivity index (χ3n) is 2.28. The van der Waals surface area contributed by atoms with Crippen LogP contribution in [0.4, 0.5) is 0 Å². The largest absolute Gasteiger partial charge is 0.492 e. The third kappa shape index (κ3) is 4.65. The molecule has 96 valence electrons. The summed E-state index contributed by atoms with van der Waals surface area (Å²) >= 11 is 2.95. The fraction of sp³-hybridized carbons (Fsp3) is 0.455. The number of likely N-dealkylation sites (N-methyl/N-ethyl adjacent to an activating group) is 1. The van der Waals surface area contributed by atoms with Crippen molar-refractivity contribution >= 4 is 26.0 Å². The average molecular weight is 322 g/mol. The van der Waals surface area contributed by atoms with Gasteiger partial charge >= 0.3 is 0 Å². The molecule has 0 saturated carbocycles. The number of rotatable bonds is 6. The van der Waals surface area contributed by atoms with Gasteiger partial charge in [0.15, 0.2) is 0 Å². The molecule has 0 aliphatic rings. The quantitative estimate of drug-likeness (QED) is 0.753. The predicted octanol–water partition coefficient (Wildman–Crippen LogP) is 1.99. The first-order valence-electron chi connectivity index (χ1n) is 5.15. The van der Waals surface area contributed by atoms with E-state index in [-0.39, 0.29) is 4.66 Å². The highest BCUT2D eigenvalue weighted by Gasteiger charge is 2.15. The fourth-order valence-electron chi connectivity index (χ4n) is 1.22. The number of halogens is 1. The highest BCUT2D eigenvalue weighted by atomic mass is 79.9. The van der Waals surface area contributed by atoms with Crippen LogP contribution in [0.15, 0.2) is 24.3 Å². The highest BCUT2D eigenvalue weighted by Crippen LogP contribution is 2.12. The van der Waals surface area contributed by atoms with Crippen molar-refractivity contribution in [3.63, 3.8) is 0 Å². The van der Waals surface area contributed by atoms with Crippen molar-refractivity contribution in [2.75, 3.05) is 24.9 Å². The Morgan fingerprint density at radius 2 is 2.12 bits per heavy atom. The molecule has 1 rings (SSSR count). The monoisotopic (exact) mass is 321 g/mol. The fourth-order valence-corrected chi connectivity index (χ4v) is 2.79. The molecule has 0 saturated heterocycles.